The second-order valence-electron chi connectivity index (χ2n) is 11.3. The van der Waals surface area contributed by atoms with E-state index in [2.05, 4.69) is 27.3 Å². The Morgan fingerprint density at radius 3 is 2.37 bits per heavy atom. The van der Waals surface area contributed by atoms with Gasteiger partial charge < -0.3 is 15.7 Å². The number of aliphatic hydroxyl groups is 1. The third-order valence-corrected chi connectivity index (χ3v) is 9.20. The first kappa shape index (κ1) is 33.1. The molecule has 0 bridgehead atoms. The lowest BCUT2D eigenvalue weighted by Gasteiger charge is -2.25. The lowest BCUT2D eigenvalue weighted by molar-refractivity contribution is -0.133. The number of alkyl halides is 3. The van der Waals surface area contributed by atoms with Crippen LogP contribution in [0.15, 0.2) is 59.6 Å². The molecule has 5 rings (SSSR count). The van der Waals surface area contributed by atoms with Crippen molar-refractivity contribution in [3.05, 3.63) is 60.3 Å². The fourth-order valence-electron chi connectivity index (χ4n) is 5.27. The molecule has 46 heavy (non-hydrogen) atoms. The van der Waals surface area contributed by atoms with Gasteiger partial charge in [0.05, 0.1) is 28.8 Å². The van der Waals surface area contributed by atoms with Crippen LogP contribution in [0.25, 0.3) is 22.3 Å². The van der Waals surface area contributed by atoms with Crippen LogP contribution in [0.2, 0.25) is 0 Å². The van der Waals surface area contributed by atoms with Crippen LogP contribution in [0.4, 0.5) is 24.8 Å². The van der Waals surface area contributed by atoms with Crippen molar-refractivity contribution in [2.24, 2.45) is 0 Å². The lowest BCUT2D eigenvalue weighted by Crippen LogP contribution is -2.27. The number of fused-ring (bicyclic) bond motifs is 1. The summed E-state index contributed by atoms with van der Waals surface area (Å²) in [6.07, 6.45) is 0.737. The van der Waals surface area contributed by atoms with E-state index < -0.39 is 35.1 Å². The minimum absolute atomic E-state index is 0.00566. The van der Waals surface area contributed by atoms with Gasteiger partial charge in [-0.3, -0.25) is 9.52 Å². The van der Waals surface area contributed by atoms with Gasteiger partial charge in [-0.05, 0) is 68.5 Å². The second kappa shape index (κ2) is 14.0. The minimum atomic E-state index is -4.38. The molecule has 4 aromatic rings. The average molecular weight is 660 g/mol. The minimum Gasteiger partial charge on any atom is -0.393 e. The summed E-state index contributed by atoms with van der Waals surface area (Å²) < 4.78 is 67.6. The molecule has 0 saturated heterocycles. The summed E-state index contributed by atoms with van der Waals surface area (Å²) in [5.74, 6) is -0.188. The van der Waals surface area contributed by atoms with E-state index in [9.17, 15) is 31.5 Å². The van der Waals surface area contributed by atoms with Crippen LogP contribution in [0, 0.1) is 0 Å². The lowest BCUT2D eigenvalue weighted by atomic mass is 9.93. The average Bonchev–Trinajstić information content (AvgIpc) is 3.40. The molecular formula is C31H36F3N7O4S. The molecule has 0 aliphatic heterocycles. The number of benzene rings is 2. The number of unbranched alkanes of at least 4 members (excludes halogenated alkanes) is 1. The number of aliphatic hydroxyl groups excluding tert-OH is 1. The molecule has 2 aromatic heterocycles. The first-order valence-electron chi connectivity index (χ1n) is 15.2. The molecule has 2 aromatic carbocycles. The number of amides is 1. The van der Waals surface area contributed by atoms with Crippen LogP contribution >= 0.6 is 0 Å². The number of carbonyl (C=O) groups excluding carboxylic acids is 1. The molecule has 246 valence electrons. The smallest absolute Gasteiger partial charge is 0.390 e. The van der Waals surface area contributed by atoms with Gasteiger partial charge in [0.15, 0.2) is 5.65 Å². The van der Waals surface area contributed by atoms with Crippen molar-refractivity contribution in [3.63, 3.8) is 0 Å². The number of rotatable bonds is 12. The highest BCUT2D eigenvalue weighted by atomic mass is 32.2. The molecule has 0 atom stereocenters. The summed E-state index contributed by atoms with van der Waals surface area (Å²) in [5, 5.41) is 21.1. The van der Waals surface area contributed by atoms with Gasteiger partial charge in [0.2, 0.25) is 5.95 Å². The van der Waals surface area contributed by atoms with Gasteiger partial charge in [0, 0.05) is 36.1 Å². The summed E-state index contributed by atoms with van der Waals surface area (Å²) in [7, 11) is -4.01. The molecular weight excluding hydrogens is 623 g/mol. The van der Waals surface area contributed by atoms with Crippen molar-refractivity contribution in [2.75, 3.05) is 23.1 Å². The van der Waals surface area contributed by atoms with Gasteiger partial charge in [-0.2, -0.15) is 23.3 Å². The van der Waals surface area contributed by atoms with Crippen LogP contribution in [-0.4, -0.2) is 64.5 Å². The van der Waals surface area contributed by atoms with E-state index in [1.807, 2.05) is 4.68 Å². The summed E-state index contributed by atoms with van der Waals surface area (Å²) in [5.41, 5.74) is 2.23. The van der Waals surface area contributed by atoms with E-state index >= 15 is 0 Å². The van der Waals surface area contributed by atoms with Crippen LogP contribution in [0.1, 0.15) is 68.3 Å². The molecule has 1 aliphatic rings. The molecule has 1 aliphatic carbocycles. The standard InChI is InChI=1S/C31H36F3N7O4S/c1-2-3-17-36-30-37-19-26-27(39-41(28(26)38-30)23-10-12-24(42)13-11-23)20-6-14-25(15-7-20)46(44,45)40-22-8-4-21(5-9-22)29(43)35-18-16-31(32,33)34/h4-9,14-15,19,23-24,40,42H,2-3,10-13,16-18H2,1H3,(H,35,43)(H,36,37,38). The second-order valence-corrected chi connectivity index (χ2v) is 13.0. The maximum atomic E-state index is 13.1. The van der Waals surface area contributed by atoms with Gasteiger partial charge in [0.1, 0.15) is 5.69 Å². The maximum absolute atomic E-state index is 13.1. The largest absolute Gasteiger partial charge is 0.393 e. The Kier molecular flexibility index (Phi) is 10.1. The van der Waals surface area contributed by atoms with Gasteiger partial charge in [-0.15, -0.1) is 0 Å². The van der Waals surface area contributed by atoms with Gasteiger partial charge in [-0.1, -0.05) is 25.5 Å². The highest BCUT2D eigenvalue weighted by Gasteiger charge is 2.27. The van der Waals surface area contributed by atoms with E-state index in [-0.39, 0.29) is 28.3 Å². The van der Waals surface area contributed by atoms with Gasteiger partial charge in [0.25, 0.3) is 15.9 Å². The Hall–Kier alpha value is -4.24. The normalized spacial score (nSPS) is 17.2. The first-order valence-corrected chi connectivity index (χ1v) is 16.7. The molecule has 0 radical (unpaired) electrons. The Morgan fingerprint density at radius 1 is 1.02 bits per heavy atom. The van der Waals surface area contributed by atoms with Crippen LogP contribution in [-0.2, 0) is 10.0 Å². The number of nitrogens with one attached hydrogen (secondary N) is 3. The number of carbonyl (C=O) groups is 1. The topological polar surface area (TPSA) is 151 Å². The molecule has 1 amide bonds. The third-order valence-electron chi connectivity index (χ3n) is 7.81. The van der Waals surface area contributed by atoms with Crippen molar-refractivity contribution in [2.45, 2.75) is 75.1 Å². The highest BCUT2D eigenvalue weighted by molar-refractivity contribution is 7.92. The van der Waals surface area contributed by atoms with Crippen LogP contribution < -0.4 is 15.4 Å². The zero-order valence-electron chi connectivity index (χ0n) is 25.2. The molecule has 1 saturated carbocycles. The predicted octanol–water partition coefficient (Wildman–Crippen LogP) is 5.66. The number of hydrogen-bond donors (Lipinski definition) is 4. The molecule has 2 heterocycles. The van der Waals surface area contributed by atoms with Crippen molar-refractivity contribution in [1.82, 2.24) is 25.1 Å². The Labute approximate surface area is 264 Å². The molecule has 0 spiro atoms. The van der Waals surface area contributed by atoms with Crippen molar-refractivity contribution < 1.29 is 31.5 Å². The monoisotopic (exact) mass is 659 g/mol. The summed E-state index contributed by atoms with van der Waals surface area (Å²) in [6, 6.07) is 11.7. The molecule has 4 N–H and O–H groups in total. The third kappa shape index (κ3) is 8.12. The summed E-state index contributed by atoms with van der Waals surface area (Å²) in [4.78, 5) is 21.4. The number of nitrogens with zero attached hydrogens (tertiary/aromatic N) is 4. The molecule has 15 heteroatoms. The predicted molar refractivity (Wildman–Crippen MR) is 168 cm³/mol. The summed E-state index contributed by atoms with van der Waals surface area (Å²) >= 11 is 0. The van der Waals surface area contributed by atoms with Crippen molar-refractivity contribution >= 4 is 38.6 Å². The number of hydrogen-bond acceptors (Lipinski definition) is 8. The maximum Gasteiger partial charge on any atom is 0.390 e. The van der Waals surface area contributed by atoms with Crippen molar-refractivity contribution in [3.8, 4) is 11.3 Å². The zero-order valence-corrected chi connectivity index (χ0v) is 26.0. The Morgan fingerprint density at radius 2 is 1.72 bits per heavy atom. The van der Waals surface area contributed by atoms with E-state index in [0.29, 0.717) is 35.7 Å². The SMILES string of the molecule is CCCCNc1ncc2c(-c3ccc(S(=O)(=O)Nc4ccc(C(=O)NCCC(F)(F)F)cc4)cc3)nn(C3CCC(O)CC3)c2n1. The first-order chi connectivity index (χ1) is 21.9. The molecule has 11 nitrogen and oxygen atoms in total. The van der Waals surface area contributed by atoms with E-state index in [0.717, 1.165) is 37.6 Å². The fraction of sp³-hybridized carbons (Fsp3) is 0.419. The Bertz CT molecular complexity index is 1750. The van der Waals surface area contributed by atoms with E-state index in [4.69, 9.17) is 10.1 Å². The van der Waals surface area contributed by atoms with Crippen LogP contribution in [0.3, 0.4) is 0 Å². The number of halogens is 3. The van der Waals surface area contributed by atoms with Crippen LogP contribution in [0.5, 0.6) is 0 Å². The van der Waals surface area contributed by atoms with Gasteiger partial charge >= 0.3 is 6.18 Å². The van der Waals surface area contributed by atoms with E-state index in [1.54, 1.807) is 18.3 Å². The van der Waals surface area contributed by atoms with Gasteiger partial charge in [-0.25, -0.2) is 18.1 Å². The quantitative estimate of drug-likeness (QED) is 0.142. The number of aromatic nitrogens is 4. The molecule has 1 fully saturated rings. The molecule has 0 unspecified atom stereocenters. The van der Waals surface area contributed by atoms with E-state index in [1.165, 1.54) is 36.4 Å². The zero-order chi connectivity index (χ0) is 32.9. The number of sulfonamides is 1. The number of anilines is 2. The fourth-order valence-corrected chi connectivity index (χ4v) is 6.33. The summed E-state index contributed by atoms with van der Waals surface area (Å²) in [6.45, 7) is 2.29. The van der Waals surface area contributed by atoms with Crippen molar-refractivity contribution in [1.29, 1.82) is 0 Å². The Balaban J connectivity index is 1.33. The highest BCUT2D eigenvalue weighted by Crippen LogP contribution is 2.35.